The molecular weight excluding hydrogens is 329 g/mol. The Bertz CT molecular complexity index is 640. The number of alkyl halides is 3. The number of hydrogen-bond donors (Lipinski definition) is 3. The van der Waals surface area contributed by atoms with Crippen LogP contribution in [0.1, 0.15) is 54.7 Å². The number of nitrogens with zero attached hydrogens (tertiary/aromatic N) is 1. The molecule has 1 fully saturated rings. The van der Waals surface area contributed by atoms with Crippen molar-refractivity contribution in [3.8, 4) is 0 Å². The van der Waals surface area contributed by atoms with Crippen LogP contribution in [0.15, 0.2) is 22.1 Å². The average molecular weight is 348 g/mol. The molecule has 0 aromatic heterocycles. The van der Waals surface area contributed by atoms with E-state index in [1.807, 2.05) is 0 Å². The fourth-order valence-corrected chi connectivity index (χ4v) is 3.94. The first-order valence-corrected chi connectivity index (χ1v) is 8.42. The van der Waals surface area contributed by atoms with E-state index in [0.29, 0.717) is 5.56 Å². The molecule has 0 heterocycles. The van der Waals surface area contributed by atoms with Crippen LogP contribution in [-0.4, -0.2) is 10.0 Å². The van der Waals surface area contributed by atoms with Crippen molar-refractivity contribution < 1.29 is 17.4 Å². The summed E-state index contributed by atoms with van der Waals surface area (Å²) in [7, 11) is -2.37. The van der Waals surface area contributed by atoms with Crippen molar-refractivity contribution in [1.82, 2.24) is 0 Å². The first-order valence-electron chi connectivity index (χ1n) is 7.21. The first kappa shape index (κ1) is 17.7. The van der Waals surface area contributed by atoms with Crippen molar-refractivity contribution in [3.05, 3.63) is 28.8 Å². The smallest absolute Gasteiger partial charge is 0.382 e. The van der Waals surface area contributed by atoms with Gasteiger partial charge in [0, 0.05) is 5.56 Å². The van der Waals surface area contributed by atoms with E-state index >= 15 is 0 Å². The molecule has 0 radical (unpaired) electrons. The summed E-state index contributed by atoms with van der Waals surface area (Å²) in [6.45, 7) is 0. The van der Waals surface area contributed by atoms with Crippen LogP contribution in [0.3, 0.4) is 0 Å². The third-order valence-electron chi connectivity index (χ3n) is 4.14. The van der Waals surface area contributed by atoms with E-state index in [9.17, 15) is 17.4 Å². The maximum Gasteiger partial charge on any atom is 0.417 e. The molecule has 1 aromatic rings. The molecule has 1 aliphatic carbocycles. The highest BCUT2D eigenvalue weighted by Crippen LogP contribution is 2.40. The van der Waals surface area contributed by atoms with Gasteiger partial charge in [0.1, 0.15) is 11.0 Å². The lowest BCUT2D eigenvalue weighted by molar-refractivity contribution is -0.139. The molecule has 23 heavy (non-hydrogen) atoms. The SMILES string of the molecule is N/N=C(\N)c1c(C2CCCCC2)ccc(C(F)(F)F)c1S(N)=O. The van der Waals surface area contributed by atoms with Crippen molar-refractivity contribution in [2.45, 2.75) is 49.1 Å². The van der Waals surface area contributed by atoms with Gasteiger partial charge in [-0.05, 0) is 30.4 Å². The monoisotopic (exact) mass is 348 g/mol. The number of benzene rings is 1. The van der Waals surface area contributed by atoms with Crippen LogP contribution in [0.2, 0.25) is 0 Å². The van der Waals surface area contributed by atoms with Crippen LogP contribution in [0, 0.1) is 0 Å². The molecule has 0 amide bonds. The van der Waals surface area contributed by atoms with Gasteiger partial charge >= 0.3 is 6.18 Å². The molecule has 1 saturated carbocycles. The van der Waals surface area contributed by atoms with E-state index in [4.69, 9.17) is 16.7 Å². The van der Waals surface area contributed by atoms with E-state index in [-0.39, 0.29) is 17.3 Å². The third kappa shape index (κ3) is 3.66. The molecule has 0 saturated heterocycles. The van der Waals surface area contributed by atoms with Crippen LogP contribution in [0.5, 0.6) is 0 Å². The third-order valence-corrected chi connectivity index (χ3v) is 4.96. The Morgan fingerprint density at radius 1 is 1.22 bits per heavy atom. The first-order chi connectivity index (χ1) is 10.8. The second kappa shape index (κ2) is 6.88. The highest BCUT2D eigenvalue weighted by molar-refractivity contribution is 7.82. The van der Waals surface area contributed by atoms with Crippen molar-refractivity contribution in [2.75, 3.05) is 0 Å². The van der Waals surface area contributed by atoms with Gasteiger partial charge < -0.3 is 11.6 Å². The van der Waals surface area contributed by atoms with Crippen LogP contribution >= 0.6 is 0 Å². The minimum absolute atomic E-state index is 0.0311. The lowest BCUT2D eigenvalue weighted by Gasteiger charge is -2.26. The molecule has 1 unspecified atom stereocenters. The molecule has 128 valence electrons. The number of hydrazone groups is 1. The predicted molar refractivity (Wildman–Crippen MR) is 82.8 cm³/mol. The van der Waals surface area contributed by atoms with E-state index < -0.39 is 27.6 Å². The Morgan fingerprint density at radius 3 is 2.30 bits per heavy atom. The zero-order valence-corrected chi connectivity index (χ0v) is 13.2. The summed E-state index contributed by atoms with van der Waals surface area (Å²) in [5.41, 5.74) is 5.20. The molecule has 5 nitrogen and oxygen atoms in total. The highest BCUT2D eigenvalue weighted by Gasteiger charge is 2.38. The lowest BCUT2D eigenvalue weighted by atomic mass is 9.81. The maximum atomic E-state index is 13.2. The van der Waals surface area contributed by atoms with Crippen LogP contribution < -0.4 is 16.7 Å². The standard InChI is InChI=1S/C14H19F3N4OS/c15-14(16,17)10-7-6-9(8-4-2-1-3-5-8)11(13(18)21-19)12(10)23(20)22/h6-8H,1-5,19-20H2,(H2,18,21). The quantitative estimate of drug-likeness (QED) is 0.338. The van der Waals surface area contributed by atoms with Gasteiger partial charge in [0.15, 0.2) is 5.84 Å². The van der Waals surface area contributed by atoms with Gasteiger partial charge in [-0.15, -0.1) is 0 Å². The van der Waals surface area contributed by atoms with Gasteiger partial charge in [-0.25, -0.2) is 9.35 Å². The second-order valence-electron chi connectivity index (χ2n) is 5.55. The van der Waals surface area contributed by atoms with Crippen LogP contribution in [-0.2, 0) is 17.2 Å². The number of amidine groups is 1. The van der Waals surface area contributed by atoms with E-state index in [2.05, 4.69) is 5.10 Å². The van der Waals surface area contributed by atoms with E-state index in [0.717, 1.165) is 38.2 Å². The van der Waals surface area contributed by atoms with E-state index in [1.54, 1.807) is 0 Å². The molecule has 1 aromatic carbocycles. The summed E-state index contributed by atoms with van der Waals surface area (Å²) in [6.07, 6.45) is -0.000878. The molecule has 2 rings (SSSR count). The van der Waals surface area contributed by atoms with Crippen molar-refractivity contribution in [3.63, 3.8) is 0 Å². The average Bonchev–Trinajstić information content (AvgIpc) is 2.52. The van der Waals surface area contributed by atoms with Gasteiger partial charge in [0.2, 0.25) is 0 Å². The summed E-state index contributed by atoms with van der Waals surface area (Å²) < 4.78 is 51.5. The molecule has 1 aliphatic rings. The van der Waals surface area contributed by atoms with Gasteiger partial charge in [-0.1, -0.05) is 25.3 Å². The predicted octanol–water partition coefficient (Wildman–Crippen LogP) is 2.31. The number of halogens is 3. The fourth-order valence-electron chi connectivity index (χ4n) is 3.11. The number of rotatable bonds is 3. The molecule has 0 spiro atoms. The molecule has 1 atom stereocenters. The number of hydrogen-bond acceptors (Lipinski definition) is 3. The molecule has 9 heteroatoms. The fraction of sp³-hybridized carbons (Fsp3) is 0.500. The van der Waals surface area contributed by atoms with Crippen molar-refractivity contribution in [2.24, 2.45) is 21.8 Å². The Labute approximate surface area is 134 Å². The van der Waals surface area contributed by atoms with Gasteiger partial charge in [-0.3, -0.25) is 0 Å². The number of nitrogens with two attached hydrogens (primary N) is 3. The van der Waals surface area contributed by atoms with Crippen molar-refractivity contribution in [1.29, 1.82) is 0 Å². The summed E-state index contributed by atoms with van der Waals surface area (Å²) >= 11 is 0. The minimum Gasteiger partial charge on any atom is -0.382 e. The maximum absolute atomic E-state index is 13.2. The minimum atomic E-state index is -4.70. The summed E-state index contributed by atoms with van der Waals surface area (Å²) in [5, 5.41) is 8.64. The zero-order chi connectivity index (χ0) is 17.2. The summed E-state index contributed by atoms with van der Waals surface area (Å²) in [5.74, 6) is 4.92. The highest BCUT2D eigenvalue weighted by atomic mass is 32.2. The molecular formula is C14H19F3N4OS. The van der Waals surface area contributed by atoms with Crippen LogP contribution in [0.4, 0.5) is 13.2 Å². The van der Waals surface area contributed by atoms with Gasteiger partial charge in [-0.2, -0.15) is 18.3 Å². The van der Waals surface area contributed by atoms with Crippen molar-refractivity contribution >= 4 is 16.8 Å². The summed E-state index contributed by atoms with van der Waals surface area (Å²) in [6, 6.07) is 2.29. The molecule has 0 bridgehead atoms. The Morgan fingerprint density at radius 2 is 1.83 bits per heavy atom. The van der Waals surface area contributed by atoms with Gasteiger partial charge in [0.25, 0.3) is 0 Å². The topological polar surface area (TPSA) is 107 Å². The Kier molecular flexibility index (Phi) is 5.30. The summed E-state index contributed by atoms with van der Waals surface area (Å²) in [4.78, 5) is -0.549. The molecule has 6 N–H and O–H groups in total. The Balaban J connectivity index is 2.73. The van der Waals surface area contributed by atoms with Gasteiger partial charge in [0.05, 0.1) is 10.5 Å². The largest absolute Gasteiger partial charge is 0.417 e. The lowest BCUT2D eigenvalue weighted by Crippen LogP contribution is -2.26. The normalized spacial score (nSPS) is 18.9. The van der Waals surface area contributed by atoms with E-state index in [1.165, 1.54) is 6.07 Å². The zero-order valence-electron chi connectivity index (χ0n) is 12.4. The van der Waals surface area contributed by atoms with Crippen LogP contribution in [0.25, 0.3) is 0 Å². The molecule has 0 aliphatic heterocycles. The Hall–Kier alpha value is -1.61. The second-order valence-corrected chi connectivity index (χ2v) is 6.55.